The quantitative estimate of drug-likeness (QED) is 0.611. The third kappa shape index (κ3) is 3.27. The average molecular weight is 182 g/mol. The van der Waals surface area contributed by atoms with Gasteiger partial charge in [0, 0.05) is 12.4 Å². The Morgan fingerprint density at radius 1 is 1.62 bits per heavy atom. The van der Waals surface area contributed by atoms with Crippen LogP contribution in [0, 0.1) is 0 Å². The molecule has 1 rings (SSSR count). The topological polar surface area (TPSA) is 50.7 Å². The monoisotopic (exact) mass is 182 g/mol. The maximum Gasteiger partial charge on any atom is 0.355 e. The number of nitrogens with zero attached hydrogens (tertiary/aromatic N) is 1. The van der Waals surface area contributed by atoms with Crippen LogP contribution in [0.5, 0.6) is 0 Å². The molecule has 0 aliphatic carbocycles. The van der Waals surface area contributed by atoms with Crippen LogP contribution in [-0.2, 0) is 9.53 Å². The number of rotatable bonds is 1. The molecule has 0 fully saturated rings. The van der Waals surface area contributed by atoms with Crippen LogP contribution in [0.1, 0.15) is 20.8 Å². The van der Waals surface area contributed by atoms with Crippen LogP contribution in [0.15, 0.2) is 17.4 Å². The van der Waals surface area contributed by atoms with Gasteiger partial charge in [-0.05, 0) is 20.8 Å². The Bertz CT molecular complexity index is 261. The number of nitrogens with one attached hydrogen (secondary N) is 1. The normalized spacial score (nSPS) is 16.1. The van der Waals surface area contributed by atoms with Crippen molar-refractivity contribution in [1.29, 1.82) is 0 Å². The fourth-order valence-electron chi connectivity index (χ4n) is 0.843. The minimum Gasteiger partial charge on any atom is -0.455 e. The van der Waals surface area contributed by atoms with Crippen molar-refractivity contribution in [2.75, 3.05) is 6.54 Å². The molecule has 0 saturated heterocycles. The van der Waals surface area contributed by atoms with Crippen molar-refractivity contribution in [2.45, 2.75) is 26.4 Å². The Kier molecular flexibility index (Phi) is 2.70. The minimum absolute atomic E-state index is 0.357. The van der Waals surface area contributed by atoms with E-state index in [2.05, 4.69) is 10.3 Å². The highest BCUT2D eigenvalue weighted by Crippen LogP contribution is 2.07. The van der Waals surface area contributed by atoms with Crippen LogP contribution in [0.4, 0.5) is 0 Å². The Morgan fingerprint density at radius 3 is 2.77 bits per heavy atom. The highest BCUT2D eigenvalue weighted by atomic mass is 16.6. The number of esters is 1. The molecule has 0 atom stereocenters. The van der Waals surface area contributed by atoms with E-state index in [-0.39, 0.29) is 5.97 Å². The second-order valence-corrected chi connectivity index (χ2v) is 3.77. The number of hydrogen-bond donors (Lipinski definition) is 1. The van der Waals surface area contributed by atoms with E-state index in [1.54, 1.807) is 12.4 Å². The predicted octanol–water partition coefficient (Wildman–Crippen LogP) is 0.843. The molecule has 0 bridgehead atoms. The first-order valence-electron chi connectivity index (χ1n) is 4.17. The van der Waals surface area contributed by atoms with E-state index in [4.69, 9.17) is 4.74 Å². The van der Waals surface area contributed by atoms with Gasteiger partial charge in [-0.3, -0.25) is 4.99 Å². The first kappa shape index (κ1) is 9.77. The lowest BCUT2D eigenvalue weighted by Gasteiger charge is -2.20. The van der Waals surface area contributed by atoms with Crippen molar-refractivity contribution in [3.63, 3.8) is 0 Å². The zero-order valence-corrected chi connectivity index (χ0v) is 8.13. The van der Waals surface area contributed by atoms with Crippen molar-refractivity contribution >= 4 is 11.7 Å². The number of aliphatic imine (C=N–C) groups is 1. The SMILES string of the molecule is CC(C)(C)OC(=O)C1=NC=CNC1. The maximum absolute atomic E-state index is 11.4. The van der Waals surface area contributed by atoms with Crippen molar-refractivity contribution in [2.24, 2.45) is 4.99 Å². The molecule has 0 amide bonds. The molecule has 1 heterocycles. The summed E-state index contributed by atoms with van der Waals surface area (Å²) in [4.78, 5) is 15.3. The minimum atomic E-state index is -0.458. The average Bonchev–Trinajstić information content (AvgIpc) is 2.03. The Hall–Kier alpha value is -1.32. The molecule has 0 aromatic heterocycles. The largest absolute Gasteiger partial charge is 0.455 e. The van der Waals surface area contributed by atoms with Crippen molar-refractivity contribution < 1.29 is 9.53 Å². The molecule has 0 aromatic carbocycles. The number of hydrogen-bond acceptors (Lipinski definition) is 4. The van der Waals surface area contributed by atoms with Crippen molar-refractivity contribution in [1.82, 2.24) is 5.32 Å². The van der Waals surface area contributed by atoms with E-state index in [0.29, 0.717) is 12.3 Å². The summed E-state index contributed by atoms with van der Waals surface area (Å²) in [5, 5.41) is 2.89. The lowest BCUT2D eigenvalue weighted by Crippen LogP contribution is -2.34. The summed E-state index contributed by atoms with van der Waals surface area (Å²) in [7, 11) is 0. The van der Waals surface area contributed by atoms with Crippen LogP contribution < -0.4 is 5.32 Å². The fraction of sp³-hybridized carbons (Fsp3) is 0.556. The summed E-state index contributed by atoms with van der Waals surface area (Å²) in [6.45, 7) is 5.93. The first-order chi connectivity index (χ1) is 5.99. The van der Waals surface area contributed by atoms with Gasteiger partial charge in [0.2, 0.25) is 0 Å². The van der Waals surface area contributed by atoms with Gasteiger partial charge < -0.3 is 10.1 Å². The second kappa shape index (κ2) is 3.60. The van der Waals surface area contributed by atoms with Gasteiger partial charge in [-0.1, -0.05) is 0 Å². The van der Waals surface area contributed by atoms with Crippen LogP contribution in [-0.4, -0.2) is 23.8 Å². The summed E-state index contributed by atoms with van der Waals surface area (Å²) in [6, 6.07) is 0. The summed E-state index contributed by atoms with van der Waals surface area (Å²) in [5.74, 6) is -0.357. The van der Waals surface area contributed by atoms with Gasteiger partial charge in [-0.25, -0.2) is 4.79 Å². The molecule has 1 aliphatic rings. The molecule has 0 spiro atoms. The zero-order chi connectivity index (χ0) is 9.90. The fourth-order valence-corrected chi connectivity index (χ4v) is 0.843. The van der Waals surface area contributed by atoms with E-state index in [1.807, 2.05) is 20.8 Å². The van der Waals surface area contributed by atoms with Crippen LogP contribution in [0.3, 0.4) is 0 Å². The number of carbonyl (C=O) groups is 1. The van der Waals surface area contributed by atoms with E-state index >= 15 is 0 Å². The smallest absolute Gasteiger partial charge is 0.355 e. The van der Waals surface area contributed by atoms with Crippen molar-refractivity contribution in [3.8, 4) is 0 Å². The molecule has 0 aromatic rings. The van der Waals surface area contributed by atoms with Gasteiger partial charge in [-0.15, -0.1) is 0 Å². The van der Waals surface area contributed by atoms with Gasteiger partial charge in [0.15, 0.2) is 0 Å². The van der Waals surface area contributed by atoms with Gasteiger partial charge >= 0.3 is 5.97 Å². The molecule has 0 radical (unpaired) electrons. The summed E-state index contributed by atoms with van der Waals surface area (Å²) in [6.07, 6.45) is 3.23. The number of carbonyl (C=O) groups excluding carboxylic acids is 1. The van der Waals surface area contributed by atoms with E-state index in [9.17, 15) is 4.79 Å². The van der Waals surface area contributed by atoms with Crippen molar-refractivity contribution in [3.05, 3.63) is 12.4 Å². The third-order valence-electron chi connectivity index (χ3n) is 1.33. The Morgan fingerprint density at radius 2 is 2.31 bits per heavy atom. The molecule has 13 heavy (non-hydrogen) atoms. The highest BCUT2D eigenvalue weighted by Gasteiger charge is 2.20. The highest BCUT2D eigenvalue weighted by molar-refractivity contribution is 6.37. The van der Waals surface area contributed by atoms with Gasteiger partial charge in [0.1, 0.15) is 11.3 Å². The van der Waals surface area contributed by atoms with Crippen LogP contribution >= 0.6 is 0 Å². The first-order valence-corrected chi connectivity index (χ1v) is 4.17. The lowest BCUT2D eigenvalue weighted by atomic mass is 10.2. The Balaban J connectivity index is 2.58. The molecular weight excluding hydrogens is 168 g/mol. The van der Waals surface area contributed by atoms with Crippen LogP contribution in [0.25, 0.3) is 0 Å². The molecule has 1 N–H and O–H groups in total. The van der Waals surface area contributed by atoms with Gasteiger partial charge in [0.05, 0.1) is 6.54 Å². The molecule has 72 valence electrons. The lowest BCUT2D eigenvalue weighted by molar-refractivity contribution is -0.146. The van der Waals surface area contributed by atoms with Gasteiger partial charge in [-0.2, -0.15) is 0 Å². The zero-order valence-electron chi connectivity index (χ0n) is 8.13. The molecule has 0 saturated carbocycles. The summed E-state index contributed by atoms with van der Waals surface area (Å²) in [5.41, 5.74) is -0.0433. The molecule has 4 heteroatoms. The van der Waals surface area contributed by atoms with Crippen LogP contribution in [0.2, 0.25) is 0 Å². The van der Waals surface area contributed by atoms with E-state index in [0.717, 1.165) is 0 Å². The number of ether oxygens (including phenoxy) is 1. The standard InChI is InChI=1S/C9H14N2O2/c1-9(2,3)13-8(12)7-6-10-4-5-11-7/h4-5,10H,6H2,1-3H3. The van der Waals surface area contributed by atoms with Gasteiger partial charge in [0.25, 0.3) is 0 Å². The second-order valence-electron chi connectivity index (χ2n) is 3.77. The Labute approximate surface area is 77.7 Å². The predicted molar refractivity (Wildman–Crippen MR) is 50.4 cm³/mol. The van der Waals surface area contributed by atoms with E-state index in [1.165, 1.54) is 0 Å². The summed E-state index contributed by atoms with van der Waals surface area (Å²) >= 11 is 0. The molecular formula is C9H14N2O2. The summed E-state index contributed by atoms with van der Waals surface area (Å²) < 4.78 is 5.13. The molecule has 0 unspecified atom stereocenters. The third-order valence-corrected chi connectivity index (χ3v) is 1.33. The maximum atomic E-state index is 11.4. The molecule has 4 nitrogen and oxygen atoms in total. The molecule has 1 aliphatic heterocycles. The van der Waals surface area contributed by atoms with E-state index < -0.39 is 5.60 Å².